The van der Waals surface area contributed by atoms with Gasteiger partial charge in [0, 0.05) is 35.3 Å². The molecule has 7 nitrogen and oxygen atoms in total. The summed E-state index contributed by atoms with van der Waals surface area (Å²) in [6.45, 7) is 2.06. The average Bonchev–Trinajstić information content (AvgIpc) is 2.96. The Hall–Kier alpha value is -1.71. The fraction of sp³-hybridized carbons (Fsp3) is 0.231. The number of benzene rings is 1. The third kappa shape index (κ3) is 3.54. The number of rotatable bonds is 6. The molecule has 0 radical (unpaired) electrons. The Morgan fingerprint density at radius 2 is 2.09 bits per heavy atom. The van der Waals surface area contributed by atoms with E-state index in [2.05, 4.69) is 15.9 Å². The lowest BCUT2D eigenvalue weighted by molar-refractivity contribution is -0.385. The molecule has 22 heavy (non-hydrogen) atoms. The number of halogens is 1. The van der Waals surface area contributed by atoms with Crippen LogP contribution in [0.4, 0.5) is 5.69 Å². The molecule has 0 aliphatic rings. The van der Waals surface area contributed by atoms with Gasteiger partial charge in [-0.2, -0.15) is 4.31 Å². The number of nitro benzene ring substituents is 1. The minimum atomic E-state index is -3.85. The summed E-state index contributed by atoms with van der Waals surface area (Å²) >= 11 is 3.10. The van der Waals surface area contributed by atoms with Crippen LogP contribution in [-0.4, -0.2) is 24.2 Å². The molecule has 2 aromatic rings. The lowest BCUT2D eigenvalue weighted by atomic mass is 10.3. The minimum Gasteiger partial charge on any atom is -0.472 e. The first kappa shape index (κ1) is 16.7. The van der Waals surface area contributed by atoms with Crippen molar-refractivity contribution in [1.29, 1.82) is 0 Å². The molecule has 0 amide bonds. The second-order valence-corrected chi connectivity index (χ2v) is 7.32. The number of hydrogen-bond donors (Lipinski definition) is 0. The molecule has 0 aliphatic carbocycles. The first-order chi connectivity index (χ1) is 10.3. The van der Waals surface area contributed by atoms with Crippen LogP contribution in [0.25, 0.3) is 0 Å². The van der Waals surface area contributed by atoms with E-state index in [0.29, 0.717) is 10.0 Å². The normalized spacial score (nSPS) is 11.8. The van der Waals surface area contributed by atoms with Crippen molar-refractivity contribution in [2.45, 2.75) is 18.4 Å². The van der Waals surface area contributed by atoms with Crippen LogP contribution < -0.4 is 0 Å². The first-order valence-corrected chi connectivity index (χ1v) is 8.54. The maximum Gasteiger partial charge on any atom is 0.271 e. The van der Waals surface area contributed by atoms with Crippen molar-refractivity contribution in [3.8, 4) is 0 Å². The highest BCUT2D eigenvalue weighted by Gasteiger charge is 2.26. The highest BCUT2D eigenvalue weighted by Crippen LogP contribution is 2.27. The van der Waals surface area contributed by atoms with E-state index in [1.165, 1.54) is 29.0 Å². The predicted octanol–water partition coefficient (Wildman–Crippen LogP) is 3.16. The Bertz CT molecular complexity index is 774. The quantitative estimate of drug-likeness (QED) is 0.559. The van der Waals surface area contributed by atoms with Crippen LogP contribution in [0.1, 0.15) is 12.5 Å². The largest absolute Gasteiger partial charge is 0.472 e. The Balaban J connectivity index is 2.41. The molecule has 2 rings (SSSR count). The van der Waals surface area contributed by atoms with Crippen molar-refractivity contribution in [2.75, 3.05) is 6.54 Å². The summed E-state index contributed by atoms with van der Waals surface area (Å²) in [6, 6.07) is 5.32. The Labute approximate surface area is 135 Å². The number of furan rings is 1. The fourth-order valence-corrected chi connectivity index (χ4v) is 4.04. The van der Waals surface area contributed by atoms with Gasteiger partial charge >= 0.3 is 0 Å². The van der Waals surface area contributed by atoms with Gasteiger partial charge in [0.25, 0.3) is 5.69 Å². The molecule has 0 fully saturated rings. The Kier molecular flexibility index (Phi) is 4.99. The number of non-ortho nitro benzene ring substituents is 1. The van der Waals surface area contributed by atoms with E-state index in [1.54, 1.807) is 13.0 Å². The molecule has 0 bridgehead atoms. The topological polar surface area (TPSA) is 93.7 Å². The number of hydrogen-bond acceptors (Lipinski definition) is 5. The van der Waals surface area contributed by atoms with Crippen LogP contribution in [0.2, 0.25) is 0 Å². The van der Waals surface area contributed by atoms with Crippen LogP contribution in [0, 0.1) is 10.1 Å². The standard InChI is InChI=1S/C13H13BrN2O5S/c1-2-15(8-10-3-4-21-9-10)22(19,20)13-6-11(14)5-12(7-13)16(17)18/h3-7,9H,2,8H2,1H3. The highest BCUT2D eigenvalue weighted by atomic mass is 79.9. The third-order valence-electron chi connectivity index (χ3n) is 3.00. The molecule has 0 spiro atoms. The van der Waals surface area contributed by atoms with E-state index in [1.807, 2.05) is 0 Å². The molecule has 0 unspecified atom stereocenters. The van der Waals surface area contributed by atoms with Crippen molar-refractivity contribution in [3.05, 3.63) is 56.9 Å². The summed E-state index contributed by atoms with van der Waals surface area (Å²) in [5.41, 5.74) is 0.419. The Morgan fingerprint density at radius 3 is 2.64 bits per heavy atom. The lowest BCUT2D eigenvalue weighted by Crippen LogP contribution is -2.30. The first-order valence-electron chi connectivity index (χ1n) is 6.31. The van der Waals surface area contributed by atoms with Crippen molar-refractivity contribution < 1.29 is 17.8 Å². The van der Waals surface area contributed by atoms with E-state index >= 15 is 0 Å². The molecule has 118 valence electrons. The average molecular weight is 389 g/mol. The van der Waals surface area contributed by atoms with E-state index in [9.17, 15) is 18.5 Å². The third-order valence-corrected chi connectivity index (χ3v) is 5.35. The predicted molar refractivity (Wildman–Crippen MR) is 82.8 cm³/mol. The highest BCUT2D eigenvalue weighted by molar-refractivity contribution is 9.10. The van der Waals surface area contributed by atoms with Gasteiger partial charge in [-0.25, -0.2) is 8.42 Å². The van der Waals surface area contributed by atoms with Gasteiger partial charge in [-0.15, -0.1) is 0 Å². The molecule has 0 saturated carbocycles. The molecule has 0 N–H and O–H groups in total. The summed E-state index contributed by atoms with van der Waals surface area (Å²) < 4.78 is 31.8. The molecule has 9 heteroatoms. The second-order valence-electron chi connectivity index (χ2n) is 4.47. The maximum atomic E-state index is 12.7. The fourth-order valence-electron chi connectivity index (χ4n) is 1.90. The molecule has 0 saturated heterocycles. The molecule has 1 aromatic heterocycles. The summed E-state index contributed by atoms with van der Waals surface area (Å²) in [6.07, 6.45) is 2.92. The van der Waals surface area contributed by atoms with Crippen molar-refractivity contribution >= 4 is 31.6 Å². The summed E-state index contributed by atoms with van der Waals surface area (Å²) in [5.74, 6) is 0. The zero-order valence-electron chi connectivity index (χ0n) is 11.6. The monoisotopic (exact) mass is 388 g/mol. The smallest absolute Gasteiger partial charge is 0.271 e. The number of sulfonamides is 1. The molecular weight excluding hydrogens is 376 g/mol. The Morgan fingerprint density at radius 1 is 1.36 bits per heavy atom. The van der Waals surface area contributed by atoms with Crippen LogP contribution in [0.15, 0.2) is 50.6 Å². The van der Waals surface area contributed by atoms with Crippen LogP contribution in [-0.2, 0) is 16.6 Å². The van der Waals surface area contributed by atoms with Gasteiger partial charge in [-0.3, -0.25) is 10.1 Å². The van der Waals surface area contributed by atoms with Crippen molar-refractivity contribution in [2.24, 2.45) is 0 Å². The summed E-state index contributed by atoms with van der Waals surface area (Å²) in [4.78, 5) is 10.1. The van der Waals surface area contributed by atoms with Gasteiger partial charge in [0.15, 0.2) is 0 Å². The zero-order chi connectivity index (χ0) is 16.3. The van der Waals surface area contributed by atoms with E-state index < -0.39 is 14.9 Å². The van der Waals surface area contributed by atoms with E-state index in [-0.39, 0.29) is 23.7 Å². The van der Waals surface area contributed by atoms with Crippen LogP contribution in [0.5, 0.6) is 0 Å². The SMILES string of the molecule is CCN(Cc1ccoc1)S(=O)(=O)c1cc(Br)cc([N+](=O)[O-])c1. The van der Waals surface area contributed by atoms with Gasteiger partial charge in [0.1, 0.15) is 0 Å². The van der Waals surface area contributed by atoms with Crippen molar-refractivity contribution in [3.63, 3.8) is 0 Å². The van der Waals surface area contributed by atoms with Crippen LogP contribution in [0.3, 0.4) is 0 Å². The molecule has 0 atom stereocenters. The maximum absolute atomic E-state index is 12.7. The van der Waals surface area contributed by atoms with E-state index in [0.717, 1.165) is 6.07 Å². The molecule has 1 aromatic carbocycles. The molecule has 1 heterocycles. The number of nitrogens with zero attached hydrogens (tertiary/aromatic N) is 2. The van der Waals surface area contributed by atoms with Crippen LogP contribution >= 0.6 is 15.9 Å². The van der Waals surface area contributed by atoms with Gasteiger partial charge in [0.2, 0.25) is 10.0 Å². The van der Waals surface area contributed by atoms with Gasteiger partial charge < -0.3 is 4.42 Å². The van der Waals surface area contributed by atoms with Gasteiger partial charge in [0.05, 0.1) is 22.3 Å². The zero-order valence-corrected chi connectivity index (χ0v) is 14.0. The van der Waals surface area contributed by atoms with E-state index in [4.69, 9.17) is 4.42 Å². The lowest BCUT2D eigenvalue weighted by Gasteiger charge is -2.19. The second kappa shape index (κ2) is 6.59. The van der Waals surface area contributed by atoms with Crippen molar-refractivity contribution in [1.82, 2.24) is 4.31 Å². The minimum absolute atomic E-state index is 0.126. The summed E-state index contributed by atoms with van der Waals surface area (Å²) in [7, 11) is -3.85. The molecule has 0 aliphatic heterocycles. The van der Waals surface area contributed by atoms with Gasteiger partial charge in [-0.05, 0) is 12.1 Å². The molecular formula is C13H13BrN2O5S. The summed E-state index contributed by atoms with van der Waals surface area (Å²) in [5, 5.41) is 10.9. The van der Waals surface area contributed by atoms with Gasteiger partial charge in [-0.1, -0.05) is 22.9 Å². The number of nitro groups is 1.